The van der Waals surface area contributed by atoms with Gasteiger partial charge >= 0.3 is 0 Å². The second-order valence-electron chi connectivity index (χ2n) is 7.28. The van der Waals surface area contributed by atoms with Crippen molar-refractivity contribution in [3.63, 3.8) is 0 Å². The molecule has 1 aliphatic heterocycles. The molecule has 0 saturated heterocycles. The van der Waals surface area contributed by atoms with E-state index in [1.807, 2.05) is 61.5 Å². The van der Waals surface area contributed by atoms with Crippen molar-refractivity contribution in [3.8, 4) is 17.0 Å². The van der Waals surface area contributed by atoms with Crippen molar-refractivity contribution in [3.05, 3.63) is 102 Å². The van der Waals surface area contributed by atoms with Crippen molar-refractivity contribution in [1.29, 1.82) is 0 Å². The van der Waals surface area contributed by atoms with Gasteiger partial charge in [0, 0.05) is 16.8 Å². The maximum absolute atomic E-state index is 13.6. The van der Waals surface area contributed by atoms with E-state index >= 15 is 0 Å². The molecule has 0 unspecified atom stereocenters. The molecule has 31 heavy (non-hydrogen) atoms. The minimum atomic E-state index is -0.425. The molecule has 0 fully saturated rings. The second-order valence-corrected chi connectivity index (χ2v) is 7.28. The zero-order valence-corrected chi connectivity index (χ0v) is 16.9. The maximum atomic E-state index is 13.6. The Kier molecular flexibility index (Phi) is 4.75. The summed E-state index contributed by atoms with van der Waals surface area (Å²) in [6, 6.07) is 22.9. The van der Waals surface area contributed by atoms with E-state index in [2.05, 4.69) is 10.2 Å². The summed E-state index contributed by atoms with van der Waals surface area (Å²) in [6.45, 7) is 2.52. The molecule has 3 aromatic carbocycles. The van der Waals surface area contributed by atoms with Gasteiger partial charge in [0.15, 0.2) is 0 Å². The van der Waals surface area contributed by atoms with E-state index in [-0.39, 0.29) is 11.7 Å². The van der Waals surface area contributed by atoms with Crippen LogP contribution in [0, 0.1) is 5.82 Å². The van der Waals surface area contributed by atoms with Crippen LogP contribution in [0.15, 0.2) is 78.9 Å². The Morgan fingerprint density at radius 1 is 1.00 bits per heavy atom. The van der Waals surface area contributed by atoms with Crippen LogP contribution in [-0.4, -0.2) is 22.7 Å². The van der Waals surface area contributed by atoms with Crippen LogP contribution in [0.1, 0.15) is 34.6 Å². The average Bonchev–Trinajstić information content (AvgIpc) is 3.35. The molecule has 0 aliphatic carbocycles. The summed E-state index contributed by atoms with van der Waals surface area (Å²) in [5.74, 6) is 0.286. The molecule has 1 amide bonds. The number of nitrogens with zero attached hydrogens (tertiary/aromatic N) is 2. The second kappa shape index (κ2) is 7.72. The number of amides is 1. The van der Waals surface area contributed by atoms with Gasteiger partial charge in [0.25, 0.3) is 5.91 Å². The highest BCUT2D eigenvalue weighted by Crippen LogP contribution is 2.45. The summed E-state index contributed by atoms with van der Waals surface area (Å²) < 4.78 is 19.2. The van der Waals surface area contributed by atoms with Crippen molar-refractivity contribution >= 4 is 11.6 Å². The highest BCUT2D eigenvalue weighted by molar-refractivity contribution is 6.11. The summed E-state index contributed by atoms with van der Waals surface area (Å²) in [7, 11) is 0. The summed E-state index contributed by atoms with van der Waals surface area (Å²) in [4.78, 5) is 15.1. The van der Waals surface area contributed by atoms with Crippen LogP contribution in [0.25, 0.3) is 11.3 Å². The molecular weight excluding hydrogens is 393 g/mol. The van der Waals surface area contributed by atoms with Crippen LogP contribution in [0.2, 0.25) is 0 Å². The van der Waals surface area contributed by atoms with E-state index in [0.717, 1.165) is 28.1 Å². The lowest BCUT2D eigenvalue weighted by Gasteiger charge is -2.26. The van der Waals surface area contributed by atoms with E-state index in [1.165, 1.54) is 12.1 Å². The normalized spacial score (nSPS) is 15.2. The fourth-order valence-electron chi connectivity index (χ4n) is 4.06. The van der Waals surface area contributed by atoms with Gasteiger partial charge in [-0.05, 0) is 61.0 Å². The molecule has 2 heterocycles. The first kappa shape index (κ1) is 19.1. The van der Waals surface area contributed by atoms with Gasteiger partial charge in [-0.25, -0.2) is 4.39 Å². The van der Waals surface area contributed by atoms with Gasteiger partial charge in [0.2, 0.25) is 0 Å². The number of ether oxygens (including phenoxy) is 1. The Bertz CT molecular complexity index is 1220. The average molecular weight is 413 g/mol. The smallest absolute Gasteiger partial charge is 0.277 e. The third kappa shape index (κ3) is 3.26. The predicted octanol–water partition coefficient (Wildman–Crippen LogP) is 5.36. The van der Waals surface area contributed by atoms with Gasteiger partial charge in [-0.1, -0.05) is 30.3 Å². The molecule has 5 rings (SSSR count). The molecule has 0 bridgehead atoms. The van der Waals surface area contributed by atoms with Crippen molar-refractivity contribution in [2.45, 2.75) is 13.0 Å². The summed E-state index contributed by atoms with van der Waals surface area (Å²) >= 11 is 0. The minimum absolute atomic E-state index is 0.166. The lowest BCUT2D eigenvalue weighted by atomic mass is 9.96. The van der Waals surface area contributed by atoms with Crippen molar-refractivity contribution in [2.24, 2.45) is 0 Å². The van der Waals surface area contributed by atoms with Crippen molar-refractivity contribution in [1.82, 2.24) is 10.2 Å². The van der Waals surface area contributed by atoms with Gasteiger partial charge in [-0.3, -0.25) is 14.8 Å². The van der Waals surface area contributed by atoms with Crippen LogP contribution in [0.3, 0.4) is 0 Å². The molecule has 4 aromatic rings. The molecule has 1 aromatic heterocycles. The molecular formula is C25H20FN3O2. The molecule has 154 valence electrons. The fraction of sp³-hybridized carbons (Fsp3) is 0.120. The number of aromatic amines is 1. The zero-order valence-electron chi connectivity index (χ0n) is 16.9. The van der Waals surface area contributed by atoms with Crippen LogP contribution in [0.5, 0.6) is 5.75 Å². The number of para-hydroxylation sites is 1. The first-order chi connectivity index (χ1) is 15.2. The first-order valence-corrected chi connectivity index (χ1v) is 10.1. The SMILES string of the molecule is CCOc1ccc(-c2n[nH]c3c2[C@@H](c2ccc(F)cc2)N(c2ccccc2)C3=O)cc1. The molecule has 1 aliphatic rings. The molecule has 0 radical (unpaired) electrons. The number of fused-ring (bicyclic) bond motifs is 1. The van der Waals surface area contributed by atoms with Crippen LogP contribution in [0.4, 0.5) is 10.1 Å². The summed E-state index contributed by atoms with van der Waals surface area (Å²) in [5.41, 5.74) is 4.37. The number of aromatic nitrogens is 2. The number of halogens is 1. The van der Waals surface area contributed by atoms with Gasteiger partial charge in [-0.2, -0.15) is 5.10 Å². The summed E-state index contributed by atoms with van der Waals surface area (Å²) in [6.07, 6.45) is 0. The van der Waals surface area contributed by atoms with Crippen LogP contribution < -0.4 is 9.64 Å². The monoisotopic (exact) mass is 413 g/mol. The van der Waals surface area contributed by atoms with Gasteiger partial charge in [-0.15, -0.1) is 0 Å². The van der Waals surface area contributed by atoms with Gasteiger partial charge in [0.05, 0.1) is 18.3 Å². The van der Waals surface area contributed by atoms with E-state index in [1.54, 1.807) is 17.0 Å². The number of benzene rings is 3. The number of carbonyl (C=O) groups excluding carboxylic acids is 1. The third-order valence-electron chi connectivity index (χ3n) is 5.43. The van der Waals surface area contributed by atoms with E-state index in [0.29, 0.717) is 18.0 Å². The summed E-state index contributed by atoms with van der Waals surface area (Å²) in [5, 5.41) is 7.41. The molecule has 0 spiro atoms. The lowest BCUT2D eigenvalue weighted by molar-refractivity contribution is 0.0989. The molecule has 6 heteroatoms. The van der Waals surface area contributed by atoms with E-state index in [9.17, 15) is 9.18 Å². The molecule has 1 atom stereocenters. The quantitative estimate of drug-likeness (QED) is 0.479. The highest BCUT2D eigenvalue weighted by atomic mass is 19.1. The highest BCUT2D eigenvalue weighted by Gasteiger charge is 2.43. The first-order valence-electron chi connectivity index (χ1n) is 10.1. The van der Waals surface area contributed by atoms with Crippen LogP contribution >= 0.6 is 0 Å². The van der Waals surface area contributed by atoms with Gasteiger partial charge in [0.1, 0.15) is 17.3 Å². The number of hydrogen-bond donors (Lipinski definition) is 1. The van der Waals surface area contributed by atoms with Crippen molar-refractivity contribution < 1.29 is 13.9 Å². The number of H-pyrrole nitrogens is 1. The zero-order chi connectivity index (χ0) is 21.4. The predicted molar refractivity (Wildman–Crippen MR) is 117 cm³/mol. The number of hydrogen-bond acceptors (Lipinski definition) is 3. The van der Waals surface area contributed by atoms with Crippen LogP contribution in [-0.2, 0) is 0 Å². The van der Waals surface area contributed by atoms with Crippen molar-refractivity contribution in [2.75, 3.05) is 11.5 Å². The third-order valence-corrected chi connectivity index (χ3v) is 5.43. The fourth-order valence-corrected chi connectivity index (χ4v) is 4.06. The number of rotatable bonds is 5. The molecule has 5 nitrogen and oxygen atoms in total. The van der Waals surface area contributed by atoms with Gasteiger partial charge < -0.3 is 4.74 Å². The number of anilines is 1. The standard InChI is InChI=1S/C25H20FN3O2/c1-2-31-20-14-10-16(11-15-20)22-21-23(28-27-22)25(30)29(19-6-4-3-5-7-19)24(21)17-8-12-18(26)13-9-17/h3-15,24H,2H2,1H3,(H,27,28)/t24-/m1/s1. The maximum Gasteiger partial charge on any atom is 0.277 e. The topological polar surface area (TPSA) is 58.2 Å². The number of carbonyl (C=O) groups is 1. The number of nitrogens with one attached hydrogen (secondary N) is 1. The Hall–Kier alpha value is -3.93. The lowest BCUT2D eigenvalue weighted by Crippen LogP contribution is -2.29. The minimum Gasteiger partial charge on any atom is -0.494 e. The Morgan fingerprint density at radius 2 is 1.71 bits per heavy atom. The Labute approximate surface area is 179 Å². The van der Waals surface area contributed by atoms with E-state index in [4.69, 9.17) is 4.74 Å². The molecule has 0 saturated carbocycles. The molecule has 1 N–H and O–H groups in total. The van der Waals surface area contributed by atoms with E-state index < -0.39 is 6.04 Å². The Morgan fingerprint density at radius 3 is 2.39 bits per heavy atom. The Balaban J connectivity index is 1.66. The largest absolute Gasteiger partial charge is 0.494 e.